The average Bonchev–Trinajstić information content (AvgIpc) is 2.66. The maximum Gasteiger partial charge on any atom is 0.261 e. The maximum atomic E-state index is 12.3. The van der Waals surface area contributed by atoms with E-state index in [-0.39, 0.29) is 5.91 Å². The van der Waals surface area contributed by atoms with Crippen LogP contribution in [0.3, 0.4) is 0 Å². The summed E-state index contributed by atoms with van der Waals surface area (Å²) in [6.07, 6.45) is 2.24. The number of carbonyl (C=O) groups excluding carboxylic acids is 1. The van der Waals surface area contributed by atoms with Gasteiger partial charge in [-0.2, -0.15) is 0 Å². The molecule has 0 unspecified atom stereocenters. The van der Waals surface area contributed by atoms with Crippen molar-refractivity contribution in [3.8, 4) is 11.5 Å². The third-order valence-corrected chi connectivity index (χ3v) is 4.14. The zero-order chi connectivity index (χ0) is 18.8. The van der Waals surface area contributed by atoms with Gasteiger partial charge in [0.05, 0.1) is 6.54 Å². The van der Waals surface area contributed by atoms with Crippen LogP contribution >= 0.6 is 11.6 Å². The van der Waals surface area contributed by atoms with Crippen LogP contribution in [0.4, 0.5) is 0 Å². The molecule has 0 saturated carbocycles. The number of rotatable bonds is 10. The smallest absolute Gasteiger partial charge is 0.261 e. The lowest BCUT2D eigenvalue weighted by atomic mass is 10.1. The molecule has 2 aromatic carbocycles. The van der Waals surface area contributed by atoms with E-state index in [4.69, 9.17) is 21.1 Å². The molecule has 2 rings (SSSR count). The molecule has 5 heteroatoms. The van der Waals surface area contributed by atoms with Crippen LogP contribution in [0.15, 0.2) is 48.5 Å². The summed E-state index contributed by atoms with van der Waals surface area (Å²) < 4.78 is 11.4. The molecule has 0 saturated heterocycles. The Hall–Kier alpha value is -2.20. The highest BCUT2D eigenvalue weighted by atomic mass is 35.5. The fourth-order valence-electron chi connectivity index (χ4n) is 2.50. The van der Waals surface area contributed by atoms with E-state index >= 15 is 0 Å². The fourth-order valence-corrected chi connectivity index (χ4v) is 2.62. The molecule has 140 valence electrons. The minimum Gasteiger partial charge on any atom is -0.492 e. The van der Waals surface area contributed by atoms with Crippen LogP contribution in [0.1, 0.15) is 32.3 Å². The van der Waals surface area contributed by atoms with Gasteiger partial charge in [-0.05, 0) is 54.8 Å². The number of ether oxygens (including phenoxy) is 2. The van der Waals surface area contributed by atoms with E-state index in [1.165, 1.54) is 5.56 Å². The van der Waals surface area contributed by atoms with Crippen LogP contribution in [-0.2, 0) is 11.2 Å². The van der Waals surface area contributed by atoms with Crippen molar-refractivity contribution in [3.05, 3.63) is 59.1 Å². The lowest BCUT2D eigenvalue weighted by molar-refractivity contribution is -0.128. The molecule has 1 atom stereocenters. The van der Waals surface area contributed by atoms with Crippen LogP contribution in [-0.4, -0.2) is 25.2 Å². The van der Waals surface area contributed by atoms with Crippen molar-refractivity contribution in [3.63, 3.8) is 0 Å². The first-order valence-electron chi connectivity index (χ1n) is 9.04. The van der Waals surface area contributed by atoms with Crippen LogP contribution in [0, 0.1) is 0 Å². The average molecular weight is 376 g/mol. The Morgan fingerprint density at radius 2 is 1.69 bits per heavy atom. The quantitative estimate of drug-likeness (QED) is 0.615. The largest absolute Gasteiger partial charge is 0.492 e. The second-order valence-electron chi connectivity index (χ2n) is 6.00. The predicted molar refractivity (Wildman–Crippen MR) is 105 cm³/mol. The Labute approximate surface area is 160 Å². The minimum absolute atomic E-state index is 0.149. The van der Waals surface area contributed by atoms with Gasteiger partial charge in [-0.3, -0.25) is 4.79 Å². The van der Waals surface area contributed by atoms with Gasteiger partial charge in [-0.25, -0.2) is 0 Å². The predicted octanol–water partition coefficient (Wildman–Crippen LogP) is 4.65. The van der Waals surface area contributed by atoms with E-state index in [1.807, 2.05) is 19.1 Å². The van der Waals surface area contributed by atoms with Crippen molar-refractivity contribution in [2.75, 3.05) is 13.2 Å². The van der Waals surface area contributed by atoms with E-state index in [1.54, 1.807) is 24.3 Å². The van der Waals surface area contributed by atoms with Gasteiger partial charge in [0.2, 0.25) is 0 Å². The second kappa shape index (κ2) is 10.7. The van der Waals surface area contributed by atoms with E-state index in [0.717, 1.165) is 18.6 Å². The third-order valence-electron chi connectivity index (χ3n) is 3.89. The highest BCUT2D eigenvalue weighted by molar-refractivity contribution is 6.30. The van der Waals surface area contributed by atoms with Crippen molar-refractivity contribution >= 4 is 17.5 Å². The normalized spacial score (nSPS) is 11.7. The van der Waals surface area contributed by atoms with Crippen LogP contribution in [0.25, 0.3) is 0 Å². The van der Waals surface area contributed by atoms with Crippen LogP contribution in [0.5, 0.6) is 11.5 Å². The van der Waals surface area contributed by atoms with E-state index in [9.17, 15) is 4.79 Å². The topological polar surface area (TPSA) is 47.6 Å². The lowest BCUT2D eigenvalue weighted by Gasteiger charge is -2.17. The number of nitrogens with one attached hydrogen (secondary N) is 1. The summed E-state index contributed by atoms with van der Waals surface area (Å²) in [4.78, 5) is 12.3. The van der Waals surface area contributed by atoms with Gasteiger partial charge in [-0.15, -0.1) is 0 Å². The van der Waals surface area contributed by atoms with Crippen molar-refractivity contribution in [2.24, 2.45) is 0 Å². The number of hydrogen-bond acceptors (Lipinski definition) is 3. The van der Waals surface area contributed by atoms with Crippen LogP contribution < -0.4 is 14.8 Å². The summed E-state index contributed by atoms with van der Waals surface area (Å²) in [6, 6.07) is 15.1. The molecule has 0 aromatic heterocycles. The molecule has 26 heavy (non-hydrogen) atoms. The Kier molecular flexibility index (Phi) is 8.29. The number of aryl methyl sites for hydroxylation is 1. The number of carbonyl (C=O) groups is 1. The number of amides is 1. The highest BCUT2D eigenvalue weighted by Gasteiger charge is 2.17. The number of hydrogen-bond donors (Lipinski definition) is 1. The molecule has 0 bridgehead atoms. The number of halogens is 1. The molecule has 0 aliphatic carbocycles. The molecule has 0 spiro atoms. The molecule has 4 nitrogen and oxygen atoms in total. The first kappa shape index (κ1) is 20.1. The van der Waals surface area contributed by atoms with Gasteiger partial charge in [-0.1, -0.05) is 44.0 Å². The minimum atomic E-state index is -0.537. The van der Waals surface area contributed by atoms with E-state index in [2.05, 4.69) is 24.4 Å². The van der Waals surface area contributed by atoms with E-state index < -0.39 is 6.10 Å². The standard InChI is InChI=1S/C21H26ClNO3/c1-3-5-16-6-10-18(11-7-16)25-15-14-23-21(24)20(4-2)26-19-12-8-17(22)9-13-19/h6-13,20H,3-5,14-15H2,1-2H3,(H,23,24)/t20-/m0/s1. The molecule has 1 N–H and O–H groups in total. The first-order valence-corrected chi connectivity index (χ1v) is 9.41. The van der Waals surface area contributed by atoms with Gasteiger partial charge < -0.3 is 14.8 Å². The zero-order valence-corrected chi connectivity index (χ0v) is 16.1. The highest BCUT2D eigenvalue weighted by Crippen LogP contribution is 2.17. The van der Waals surface area contributed by atoms with Gasteiger partial charge >= 0.3 is 0 Å². The monoisotopic (exact) mass is 375 g/mol. The summed E-state index contributed by atoms with van der Waals surface area (Å²) >= 11 is 5.86. The van der Waals surface area contributed by atoms with Crippen molar-refractivity contribution in [1.29, 1.82) is 0 Å². The van der Waals surface area contributed by atoms with Crippen molar-refractivity contribution in [1.82, 2.24) is 5.32 Å². The Morgan fingerprint density at radius 3 is 2.31 bits per heavy atom. The second-order valence-corrected chi connectivity index (χ2v) is 6.44. The van der Waals surface area contributed by atoms with Crippen molar-refractivity contribution < 1.29 is 14.3 Å². The third kappa shape index (κ3) is 6.60. The Bertz CT molecular complexity index is 671. The zero-order valence-electron chi connectivity index (χ0n) is 15.3. The molecule has 0 fully saturated rings. The molecule has 0 heterocycles. The van der Waals surface area contributed by atoms with Gasteiger partial charge in [0.15, 0.2) is 6.10 Å². The molecule has 2 aromatic rings. The van der Waals surface area contributed by atoms with Gasteiger partial charge in [0, 0.05) is 5.02 Å². The molecule has 1 amide bonds. The van der Waals surface area contributed by atoms with Crippen molar-refractivity contribution in [2.45, 2.75) is 39.2 Å². The van der Waals surface area contributed by atoms with Gasteiger partial charge in [0.1, 0.15) is 18.1 Å². The first-order chi connectivity index (χ1) is 12.6. The summed E-state index contributed by atoms with van der Waals surface area (Å²) in [6.45, 7) is 4.91. The molecule has 0 radical (unpaired) electrons. The summed E-state index contributed by atoms with van der Waals surface area (Å²) in [7, 11) is 0. The van der Waals surface area contributed by atoms with E-state index in [0.29, 0.717) is 30.3 Å². The number of benzene rings is 2. The maximum absolute atomic E-state index is 12.3. The lowest BCUT2D eigenvalue weighted by Crippen LogP contribution is -2.39. The summed E-state index contributed by atoms with van der Waals surface area (Å²) in [5, 5.41) is 3.49. The summed E-state index contributed by atoms with van der Waals surface area (Å²) in [5.74, 6) is 1.28. The fraction of sp³-hybridized carbons (Fsp3) is 0.381. The molecule has 0 aliphatic heterocycles. The molecular weight excluding hydrogens is 350 g/mol. The molecule has 0 aliphatic rings. The summed E-state index contributed by atoms with van der Waals surface area (Å²) in [5.41, 5.74) is 1.30. The molecular formula is C21H26ClNO3. The van der Waals surface area contributed by atoms with Gasteiger partial charge in [0.25, 0.3) is 5.91 Å². The Morgan fingerprint density at radius 1 is 1.04 bits per heavy atom. The van der Waals surface area contributed by atoms with Crippen LogP contribution in [0.2, 0.25) is 5.02 Å². The Balaban J connectivity index is 1.73. The SMILES string of the molecule is CCCc1ccc(OCCNC(=O)[C@H](CC)Oc2ccc(Cl)cc2)cc1.